The zero-order valence-electron chi connectivity index (χ0n) is 18.1. The molecule has 0 aliphatic carbocycles. The van der Waals surface area contributed by atoms with Gasteiger partial charge in [-0.15, -0.1) is 0 Å². The van der Waals surface area contributed by atoms with Crippen LogP contribution < -0.4 is 15.4 Å². The Hall–Kier alpha value is -3.15. The van der Waals surface area contributed by atoms with Crippen molar-refractivity contribution in [2.45, 2.75) is 53.4 Å². The highest BCUT2D eigenvalue weighted by atomic mass is 16.5. The topological polar surface area (TPSA) is 84.5 Å². The first-order chi connectivity index (χ1) is 14.4. The number of benzene rings is 2. The molecule has 0 aromatic heterocycles. The lowest BCUT2D eigenvalue weighted by molar-refractivity contribution is -0.118. The van der Waals surface area contributed by atoms with Gasteiger partial charge in [0.05, 0.1) is 5.56 Å². The van der Waals surface area contributed by atoms with E-state index in [1.165, 1.54) is 6.92 Å². The van der Waals surface area contributed by atoms with E-state index in [4.69, 9.17) is 4.74 Å². The van der Waals surface area contributed by atoms with Crippen LogP contribution >= 0.6 is 0 Å². The van der Waals surface area contributed by atoms with Crippen molar-refractivity contribution >= 4 is 29.0 Å². The molecular formula is C24H30N2O4. The summed E-state index contributed by atoms with van der Waals surface area (Å²) in [5, 5.41) is 5.71. The van der Waals surface area contributed by atoms with Crippen LogP contribution in [0.5, 0.6) is 5.75 Å². The molecule has 2 aromatic rings. The van der Waals surface area contributed by atoms with Crippen molar-refractivity contribution in [1.29, 1.82) is 0 Å². The Balaban J connectivity index is 2.11. The van der Waals surface area contributed by atoms with Crippen molar-refractivity contribution < 1.29 is 19.1 Å². The lowest BCUT2D eigenvalue weighted by Gasteiger charge is -2.15. The van der Waals surface area contributed by atoms with Crippen molar-refractivity contribution in [3.05, 3.63) is 53.1 Å². The van der Waals surface area contributed by atoms with Gasteiger partial charge >= 0.3 is 0 Å². The van der Waals surface area contributed by atoms with E-state index in [-0.39, 0.29) is 24.2 Å². The maximum absolute atomic E-state index is 12.5. The highest BCUT2D eigenvalue weighted by molar-refractivity contribution is 6.00. The van der Waals surface area contributed by atoms with Gasteiger partial charge in [-0.3, -0.25) is 14.4 Å². The number of ketones is 1. The van der Waals surface area contributed by atoms with Gasteiger partial charge in [0.1, 0.15) is 5.75 Å². The average molecular weight is 411 g/mol. The Morgan fingerprint density at radius 1 is 0.900 bits per heavy atom. The van der Waals surface area contributed by atoms with Crippen LogP contribution in [0.1, 0.15) is 62.0 Å². The van der Waals surface area contributed by atoms with Crippen LogP contribution in [-0.4, -0.2) is 24.2 Å². The third kappa shape index (κ3) is 6.17. The molecule has 30 heavy (non-hydrogen) atoms. The number of rotatable bonds is 10. The van der Waals surface area contributed by atoms with Crippen molar-refractivity contribution in [2.24, 2.45) is 0 Å². The van der Waals surface area contributed by atoms with E-state index >= 15 is 0 Å². The molecule has 0 saturated carbocycles. The number of ether oxygens (including phenoxy) is 1. The fourth-order valence-electron chi connectivity index (χ4n) is 3.18. The minimum Gasteiger partial charge on any atom is -0.483 e. The van der Waals surface area contributed by atoms with Gasteiger partial charge in [-0.05, 0) is 55.5 Å². The average Bonchev–Trinajstić information content (AvgIpc) is 2.72. The summed E-state index contributed by atoms with van der Waals surface area (Å²) >= 11 is 0. The molecule has 2 N–H and O–H groups in total. The van der Waals surface area contributed by atoms with Gasteiger partial charge < -0.3 is 15.4 Å². The Kier molecular flexibility index (Phi) is 8.59. The number of Topliss-reactive ketones (excluding diaryl/α,β-unsaturated/α-hetero) is 1. The lowest BCUT2D eigenvalue weighted by Crippen LogP contribution is -2.22. The van der Waals surface area contributed by atoms with Crippen LogP contribution in [-0.2, 0) is 22.4 Å². The van der Waals surface area contributed by atoms with Crippen LogP contribution in [0, 0.1) is 0 Å². The molecule has 2 rings (SSSR count). The number of para-hydroxylation sites is 1. The largest absolute Gasteiger partial charge is 0.483 e. The number of hydrogen-bond acceptors (Lipinski definition) is 4. The van der Waals surface area contributed by atoms with Crippen LogP contribution in [0.2, 0.25) is 0 Å². The number of carbonyl (C=O) groups excluding carboxylic acids is 3. The molecule has 0 aliphatic rings. The molecule has 0 heterocycles. The number of amides is 2. The number of anilines is 2. The molecule has 0 bridgehead atoms. The summed E-state index contributed by atoms with van der Waals surface area (Å²) in [7, 11) is 0. The molecule has 2 amide bonds. The first kappa shape index (κ1) is 23.1. The molecule has 0 unspecified atom stereocenters. The third-order valence-corrected chi connectivity index (χ3v) is 4.74. The summed E-state index contributed by atoms with van der Waals surface area (Å²) in [5.74, 6) is -0.297. The molecular weight excluding hydrogens is 380 g/mol. The Morgan fingerprint density at radius 3 is 2.13 bits per heavy atom. The van der Waals surface area contributed by atoms with Gasteiger partial charge in [0.2, 0.25) is 5.91 Å². The van der Waals surface area contributed by atoms with E-state index < -0.39 is 0 Å². The first-order valence-corrected chi connectivity index (χ1v) is 10.4. The maximum Gasteiger partial charge on any atom is 0.262 e. The van der Waals surface area contributed by atoms with Crippen LogP contribution in [0.4, 0.5) is 11.4 Å². The molecule has 0 fully saturated rings. The minimum absolute atomic E-state index is 0.110. The highest BCUT2D eigenvalue weighted by Gasteiger charge is 2.14. The van der Waals surface area contributed by atoms with Gasteiger partial charge in [0.15, 0.2) is 12.4 Å². The van der Waals surface area contributed by atoms with Crippen LogP contribution in [0.25, 0.3) is 0 Å². The third-order valence-electron chi connectivity index (χ3n) is 4.74. The second-order valence-electron chi connectivity index (χ2n) is 7.06. The van der Waals surface area contributed by atoms with Crippen LogP contribution in [0.15, 0.2) is 36.4 Å². The molecule has 0 spiro atoms. The van der Waals surface area contributed by atoms with Gasteiger partial charge in [-0.25, -0.2) is 0 Å². The van der Waals surface area contributed by atoms with Gasteiger partial charge in [-0.1, -0.05) is 39.0 Å². The highest BCUT2D eigenvalue weighted by Crippen LogP contribution is 2.25. The number of aryl methyl sites for hydroxylation is 2. The molecule has 0 aliphatic heterocycles. The standard InChI is InChI=1S/C24H30N2O4/c1-5-9-22(28)25-19-12-13-21(20(14-19)16(4)27)30-15-23(29)26-24-17(6-2)10-8-11-18(24)7-3/h8,10-14H,5-7,9,15H2,1-4H3,(H,25,28)(H,26,29). The summed E-state index contributed by atoms with van der Waals surface area (Å²) in [6.45, 7) is 7.21. The van der Waals surface area contributed by atoms with Gasteiger partial charge in [0, 0.05) is 17.8 Å². The Bertz CT molecular complexity index is 899. The van der Waals surface area contributed by atoms with Crippen molar-refractivity contribution in [2.75, 3.05) is 17.2 Å². The molecule has 6 heteroatoms. The quantitative estimate of drug-likeness (QED) is 0.553. The molecule has 0 saturated heterocycles. The minimum atomic E-state index is -0.291. The van der Waals surface area contributed by atoms with Crippen LogP contribution in [0.3, 0.4) is 0 Å². The summed E-state index contributed by atoms with van der Waals surface area (Å²) in [6, 6.07) is 10.8. The lowest BCUT2D eigenvalue weighted by atomic mass is 10.0. The zero-order chi connectivity index (χ0) is 22.1. The molecule has 0 atom stereocenters. The van der Waals surface area contributed by atoms with Crippen molar-refractivity contribution in [1.82, 2.24) is 0 Å². The Labute approximate surface area is 178 Å². The molecule has 6 nitrogen and oxygen atoms in total. The number of hydrogen-bond donors (Lipinski definition) is 2. The second-order valence-corrected chi connectivity index (χ2v) is 7.06. The fraction of sp³-hybridized carbons (Fsp3) is 0.375. The van der Waals surface area contributed by atoms with E-state index in [0.717, 1.165) is 36.1 Å². The van der Waals surface area contributed by atoms with Gasteiger partial charge in [-0.2, -0.15) is 0 Å². The monoisotopic (exact) mass is 410 g/mol. The van der Waals surface area contributed by atoms with E-state index in [9.17, 15) is 14.4 Å². The van der Waals surface area contributed by atoms with E-state index in [1.54, 1.807) is 18.2 Å². The number of nitrogens with one attached hydrogen (secondary N) is 2. The zero-order valence-corrected chi connectivity index (χ0v) is 18.1. The smallest absolute Gasteiger partial charge is 0.262 e. The van der Waals surface area contributed by atoms with E-state index in [2.05, 4.69) is 10.6 Å². The second kappa shape index (κ2) is 11.1. The Morgan fingerprint density at radius 2 is 1.57 bits per heavy atom. The number of carbonyl (C=O) groups is 3. The van der Waals surface area contributed by atoms with E-state index in [0.29, 0.717) is 23.4 Å². The summed E-state index contributed by atoms with van der Waals surface area (Å²) < 4.78 is 5.64. The summed E-state index contributed by atoms with van der Waals surface area (Å²) in [6.07, 6.45) is 2.77. The summed E-state index contributed by atoms with van der Waals surface area (Å²) in [4.78, 5) is 36.3. The fourth-order valence-corrected chi connectivity index (χ4v) is 3.18. The molecule has 160 valence electrons. The predicted molar refractivity (Wildman–Crippen MR) is 119 cm³/mol. The van der Waals surface area contributed by atoms with Gasteiger partial charge in [0.25, 0.3) is 5.91 Å². The first-order valence-electron chi connectivity index (χ1n) is 10.4. The molecule has 2 aromatic carbocycles. The predicted octanol–water partition coefficient (Wildman–Crippen LogP) is 4.77. The summed E-state index contributed by atoms with van der Waals surface area (Å²) in [5.41, 5.74) is 3.82. The van der Waals surface area contributed by atoms with Crippen molar-refractivity contribution in [3.8, 4) is 5.75 Å². The van der Waals surface area contributed by atoms with Crippen molar-refractivity contribution in [3.63, 3.8) is 0 Å². The van der Waals surface area contributed by atoms with E-state index in [1.807, 2.05) is 39.0 Å². The molecule has 0 radical (unpaired) electrons. The maximum atomic E-state index is 12.5. The normalized spacial score (nSPS) is 10.4. The SMILES string of the molecule is CCCC(=O)Nc1ccc(OCC(=O)Nc2c(CC)cccc2CC)c(C(C)=O)c1.